The number of hydrogen-bond donors (Lipinski definition) is 0. The molecule has 1 aliphatic heterocycles. The molecule has 3 aromatic carbocycles. The molecule has 0 saturated carbocycles. The summed E-state index contributed by atoms with van der Waals surface area (Å²) in [6.45, 7) is 1.02. The van der Waals surface area contributed by atoms with Gasteiger partial charge in [-0.1, -0.05) is 72.5 Å². The Labute approximate surface area is 209 Å². The molecule has 7 heteroatoms. The first-order valence-corrected chi connectivity index (χ1v) is 12.0. The summed E-state index contributed by atoms with van der Waals surface area (Å²) < 4.78 is 17.1. The number of benzene rings is 3. The molecule has 1 saturated heterocycles. The predicted octanol–water partition coefficient (Wildman–Crippen LogP) is 5.73. The first kappa shape index (κ1) is 23.9. The lowest BCUT2D eigenvalue weighted by Crippen LogP contribution is -2.30. The van der Waals surface area contributed by atoms with Gasteiger partial charge in [-0.15, -0.1) is 0 Å². The van der Waals surface area contributed by atoms with Crippen LogP contribution in [0.15, 0.2) is 77.7 Å². The van der Waals surface area contributed by atoms with E-state index in [1.807, 2.05) is 78.9 Å². The quantitative estimate of drug-likeness (QED) is 0.282. The molecule has 1 aliphatic rings. The third kappa shape index (κ3) is 5.79. The summed E-state index contributed by atoms with van der Waals surface area (Å²) in [5.41, 5.74) is 3.08. The Kier molecular flexibility index (Phi) is 7.87. The number of nitrogens with zero attached hydrogens (tertiary/aromatic N) is 1. The van der Waals surface area contributed by atoms with E-state index in [9.17, 15) is 4.79 Å². The van der Waals surface area contributed by atoms with Crippen LogP contribution < -0.4 is 14.2 Å². The molecule has 0 radical (unpaired) electrons. The maximum Gasteiger partial charge on any atom is 0.266 e. The van der Waals surface area contributed by atoms with Gasteiger partial charge in [-0.05, 0) is 53.5 Å². The number of methoxy groups -OCH3 is 2. The van der Waals surface area contributed by atoms with Gasteiger partial charge in [0.25, 0.3) is 5.91 Å². The molecule has 0 N–H and O–H groups in total. The van der Waals surface area contributed by atoms with Gasteiger partial charge in [-0.2, -0.15) is 0 Å². The number of carbonyl (C=O) groups is 1. The molecule has 5 nitrogen and oxygen atoms in total. The van der Waals surface area contributed by atoms with Crippen LogP contribution in [0.4, 0.5) is 0 Å². The van der Waals surface area contributed by atoms with Crippen molar-refractivity contribution < 1.29 is 19.0 Å². The Morgan fingerprint density at radius 2 is 1.65 bits per heavy atom. The molecule has 4 rings (SSSR count). The molecule has 0 atom stereocenters. The van der Waals surface area contributed by atoms with Gasteiger partial charge in [0.15, 0.2) is 11.5 Å². The lowest BCUT2D eigenvalue weighted by atomic mass is 10.1. The molecule has 0 spiro atoms. The van der Waals surface area contributed by atoms with Crippen molar-refractivity contribution in [2.24, 2.45) is 0 Å². The van der Waals surface area contributed by atoms with Gasteiger partial charge >= 0.3 is 0 Å². The van der Waals surface area contributed by atoms with Gasteiger partial charge in [0, 0.05) is 6.54 Å². The van der Waals surface area contributed by atoms with Crippen LogP contribution in [0.3, 0.4) is 0 Å². The predicted molar refractivity (Wildman–Crippen MR) is 140 cm³/mol. The number of ether oxygens (including phenoxy) is 3. The van der Waals surface area contributed by atoms with Crippen molar-refractivity contribution in [2.45, 2.75) is 13.0 Å². The lowest BCUT2D eigenvalue weighted by Gasteiger charge is -2.15. The highest BCUT2D eigenvalue weighted by Crippen LogP contribution is 2.33. The smallest absolute Gasteiger partial charge is 0.266 e. The standard InChI is InChI=1S/C27H25NO4S2/c1-30-23-13-10-20(16-24(23)31-2)14-15-28-26(29)25(34-27(28)33)17-19-8-11-22(12-9-19)32-18-21-6-4-3-5-7-21/h3-13,16-17H,14-15,18H2,1-2H3. The van der Waals surface area contributed by atoms with Crippen molar-refractivity contribution in [2.75, 3.05) is 20.8 Å². The van der Waals surface area contributed by atoms with E-state index in [1.54, 1.807) is 19.1 Å². The fourth-order valence-corrected chi connectivity index (χ4v) is 4.83. The summed E-state index contributed by atoms with van der Waals surface area (Å²) in [4.78, 5) is 15.2. The fraction of sp³-hybridized carbons (Fsp3) is 0.185. The lowest BCUT2D eigenvalue weighted by molar-refractivity contribution is -0.122. The number of rotatable bonds is 9. The number of hydrogen-bond acceptors (Lipinski definition) is 6. The van der Waals surface area contributed by atoms with Gasteiger partial charge in [-0.3, -0.25) is 9.69 Å². The Balaban J connectivity index is 1.36. The molecule has 3 aromatic rings. The summed E-state index contributed by atoms with van der Waals surface area (Å²) in [7, 11) is 3.21. The minimum atomic E-state index is -0.0696. The maximum atomic E-state index is 13.0. The molecule has 0 aliphatic carbocycles. The van der Waals surface area contributed by atoms with Crippen molar-refractivity contribution in [3.05, 3.63) is 94.4 Å². The zero-order valence-electron chi connectivity index (χ0n) is 19.0. The summed E-state index contributed by atoms with van der Waals surface area (Å²) in [5.74, 6) is 2.06. The molecule has 1 heterocycles. The van der Waals surface area contributed by atoms with Crippen LogP contribution in [0.5, 0.6) is 17.2 Å². The van der Waals surface area contributed by atoms with E-state index in [4.69, 9.17) is 26.4 Å². The second-order valence-corrected chi connectivity index (χ2v) is 9.29. The second kappa shape index (κ2) is 11.2. The summed E-state index contributed by atoms with van der Waals surface area (Å²) in [6.07, 6.45) is 2.53. The summed E-state index contributed by atoms with van der Waals surface area (Å²) in [6, 6.07) is 23.5. The monoisotopic (exact) mass is 491 g/mol. The van der Waals surface area contributed by atoms with Gasteiger partial charge in [0.1, 0.15) is 16.7 Å². The minimum Gasteiger partial charge on any atom is -0.493 e. The minimum absolute atomic E-state index is 0.0696. The van der Waals surface area contributed by atoms with E-state index in [0.717, 1.165) is 22.4 Å². The highest BCUT2D eigenvalue weighted by atomic mass is 32.2. The number of carbonyl (C=O) groups excluding carboxylic acids is 1. The summed E-state index contributed by atoms with van der Waals surface area (Å²) in [5, 5.41) is 0. The van der Waals surface area contributed by atoms with Crippen LogP contribution in [0.1, 0.15) is 16.7 Å². The number of amides is 1. The first-order chi connectivity index (χ1) is 16.6. The van der Waals surface area contributed by atoms with Gasteiger partial charge in [-0.25, -0.2) is 0 Å². The van der Waals surface area contributed by atoms with Gasteiger partial charge in [0.2, 0.25) is 0 Å². The van der Waals surface area contributed by atoms with Crippen LogP contribution in [0.2, 0.25) is 0 Å². The maximum absolute atomic E-state index is 13.0. The van der Waals surface area contributed by atoms with Crippen molar-refractivity contribution in [3.8, 4) is 17.2 Å². The van der Waals surface area contributed by atoms with Crippen LogP contribution >= 0.6 is 24.0 Å². The van der Waals surface area contributed by atoms with E-state index < -0.39 is 0 Å². The topological polar surface area (TPSA) is 48.0 Å². The van der Waals surface area contributed by atoms with E-state index in [1.165, 1.54) is 11.8 Å². The average molecular weight is 492 g/mol. The molecular formula is C27H25NO4S2. The van der Waals surface area contributed by atoms with E-state index in [-0.39, 0.29) is 5.91 Å². The molecule has 0 unspecified atom stereocenters. The SMILES string of the molecule is COc1ccc(CCN2C(=O)C(=Cc3ccc(OCc4ccccc4)cc3)SC2=S)cc1OC. The highest BCUT2D eigenvalue weighted by molar-refractivity contribution is 8.26. The van der Waals surface area contributed by atoms with Crippen molar-refractivity contribution >= 4 is 40.3 Å². The molecular weight excluding hydrogens is 466 g/mol. The van der Waals surface area contributed by atoms with Crippen molar-refractivity contribution in [3.63, 3.8) is 0 Å². The fourth-order valence-electron chi connectivity index (χ4n) is 3.52. The van der Waals surface area contributed by atoms with Gasteiger partial charge in [0.05, 0.1) is 19.1 Å². The second-order valence-electron chi connectivity index (χ2n) is 7.62. The molecule has 1 amide bonds. The molecule has 0 aromatic heterocycles. The zero-order chi connectivity index (χ0) is 23.9. The Morgan fingerprint density at radius 3 is 2.35 bits per heavy atom. The number of thioether (sulfide) groups is 1. The number of thiocarbonyl (C=S) groups is 1. The average Bonchev–Trinajstić information content (AvgIpc) is 3.14. The van der Waals surface area contributed by atoms with Gasteiger partial charge < -0.3 is 14.2 Å². The van der Waals surface area contributed by atoms with E-state index >= 15 is 0 Å². The molecule has 174 valence electrons. The Morgan fingerprint density at radius 1 is 0.912 bits per heavy atom. The third-order valence-electron chi connectivity index (χ3n) is 5.37. The van der Waals surface area contributed by atoms with E-state index in [2.05, 4.69) is 0 Å². The van der Waals surface area contributed by atoms with Crippen molar-refractivity contribution in [1.82, 2.24) is 4.90 Å². The Bertz CT molecular complexity index is 1190. The summed E-state index contributed by atoms with van der Waals surface area (Å²) >= 11 is 6.81. The van der Waals surface area contributed by atoms with Crippen LogP contribution in [0.25, 0.3) is 6.08 Å². The third-order valence-corrected chi connectivity index (χ3v) is 6.75. The Hall–Kier alpha value is -3.29. The van der Waals surface area contributed by atoms with Crippen LogP contribution in [-0.2, 0) is 17.8 Å². The normalized spacial score (nSPS) is 14.5. The first-order valence-electron chi connectivity index (χ1n) is 10.8. The molecule has 34 heavy (non-hydrogen) atoms. The van der Waals surface area contributed by atoms with E-state index in [0.29, 0.717) is 40.3 Å². The molecule has 1 fully saturated rings. The highest BCUT2D eigenvalue weighted by Gasteiger charge is 2.31. The van der Waals surface area contributed by atoms with Crippen LogP contribution in [0, 0.1) is 0 Å². The van der Waals surface area contributed by atoms with Crippen LogP contribution in [-0.4, -0.2) is 35.9 Å². The largest absolute Gasteiger partial charge is 0.493 e. The zero-order valence-corrected chi connectivity index (χ0v) is 20.7. The van der Waals surface area contributed by atoms with Crippen molar-refractivity contribution in [1.29, 1.82) is 0 Å². The molecule has 0 bridgehead atoms.